The Balaban J connectivity index is 1.27. The second kappa shape index (κ2) is 15.1. The number of thiazole rings is 1. The van der Waals surface area contributed by atoms with E-state index in [0.717, 1.165) is 55.1 Å². The number of carbonyl (C=O) groups excluding carboxylic acids is 2. The minimum Gasteiger partial charge on any atom is -0.489 e. The number of ether oxygens (including phenoxy) is 1. The van der Waals surface area contributed by atoms with Crippen molar-refractivity contribution in [3.63, 3.8) is 0 Å². The summed E-state index contributed by atoms with van der Waals surface area (Å²) in [5, 5.41) is 21.8. The Bertz CT molecular complexity index is 1880. The SMILES string of the molecule is CC1(C)[C@H](NC(=O)/C(=N\O[C@@H](COc2ccc3nc(N(CCCN)CC4CNC4)ccc3c2)C(=O)O)c2csc(N)n2)C(=O)N1OS(=O)(=O)O. The number of pyridine rings is 1. The van der Waals surface area contributed by atoms with Crippen molar-refractivity contribution in [2.45, 2.75) is 38.0 Å². The number of carbonyl (C=O) groups is 3. The minimum atomic E-state index is -5.02. The van der Waals surface area contributed by atoms with E-state index in [2.05, 4.69) is 30.0 Å². The van der Waals surface area contributed by atoms with Gasteiger partial charge in [-0.25, -0.2) is 14.8 Å². The molecule has 2 fully saturated rings. The summed E-state index contributed by atoms with van der Waals surface area (Å²) in [6.07, 6.45) is -0.859. The van der Waals surface area contributed by atoms with Crippen molar-refractivity contribution in [3.05, 3.63) is 41.4 Å². The number of β-lactam (4-membered cyclic amide) rings is 1. The molecule has 0 saturated carbocycles. The number of oxime groups is 1. The molecule has 0 unspecified atom stereocenters. The van der Waals surface area contributed by atoms with Crippen LogP contribution in [-0.2, 0) is 33.9 Å². The molecule has 0 radical (unpaired) electrons. The third-order valence-corrected chi connectivity index (χ3v) is 9.01. The maximum absolute atomic E-state index is 13.3. The van der Waals surface area contributed by atoms with Gasteiger partial charge in [-0.2, -0.15) is 13.5 Å². The molecule has 4 heterocycles. The molecule has 1 aromatic carbocycles. The van der Waals surface area contributed by atoms with Crippen molar-refractivity contribution >= 4 is 67.1 Å². The molecule has 3 aromatic rings. The predicted molar refractivity (Wildman–Crippen MR) is 181 cm³/mol. The Hall–Kier alpha value is -4.67. The number of carboxylic acids is 1. The van der Waals surface area contributed by atoms with Gasteiger partial charge in [-0.1, -0.05) is 5.16 Å². The van der Waals surface area contributed by atoms with Gasteiger partial charge in [-0.05, 0) is 57.1 Å². The van der Waals surface area contributed by atoms with Crippen LogP contribution in [0.2, 0.25) is 0 Å². The summed E-state index contributed by atoms with van der Waals surface area (Å²) >= 11 is 0.961. The maximum atomic E-state index is 13.3. The fourth-order valence-electron chi connectivity index (χ4n) is 5.18. The van der Waals surface area contributed by atoms with Gasteiger partial charge in [0, 0.05) is 42.9 Å². The van der Waals surface area contributed by atoms with Gasteiger partial charge in [0.25, 0.3) is 17.9 Å². The molecule has 2 amide bonds. The monoisotopic (exact) mass is 735 g/mol. The van der Waals surface area contributed by atoms with Crippen LogP contribution in [0.25, 0.3) is 10.9 Å². The van der Waals surface area contributed by atoms with E-state index in [4.69, 9.17) is 30.6 Å². The van der Waals surface area contributed by atoms with Gasteiger partial charge in [0.05, 0.1) is 11.1 Å². The van der Waals surface area contributed by atoms with E-state index in [9.17, 15) is 27.9 Å². The molecule has 2 saturated heterocycles. The normalized spacial score (nSPS) is 18.2. The van der Waals surface area contributed by atoms with Crippen LogP contribution in [0.15, 0.2) is 40.9 Å². The number of hydroxylamine groups is 2. The largest absolute Gasteiger partial charge is 0.489 e. The number of benzene rings is 1. The number of nitrogens with two attached hydrogens (primary N) is 2. The molecule has 270 valence electrons. The van der Waals surface area contributed by atoms with E-state index >= 15 is 0 Å². The molecule has 21 heteroatoms. The number of aliphatic carboxylic acids is 1. The first-order valence-electron chi connectivity index (χ1n) is 15.4. The topological polar surface area (TPSA) is 274 Å². The number of amides is 2. The van der Waals surface area contributed by atoms with Crippen LogP contribution >= 0.6 is 11.3 Å². The number of anilines is 2. The summed E-state index contributed by atoms with van der Waals surface area (Å²) in [7, 11) is -5.02. The Morgan fingerprint density at radius 2 is 2.02 bits per heavy atom. The zero-order valence-corrected chi connectivity index (χ0v) is 28.6. The molecule has 2 atom stereocenters. The fraction of sp³-hybridized carbons (Fsp3) is 0.448. The van der Waals surface area contributed by atoms with Crippen molar-refractivity contribution < 1.29 is 46.3 Å². The first-order chi connectivity index (χ1) is 23.7. The molecule has 8 N–H and O–H groups in total. The van der Waals surface area contributed by atoms with E-state index in [1.54, 1.807) is 18.2 Å². The van der Waals surface area contributed by atoms with Crippen LogP contribution in [0.5, 0.6) is 5.75 Å². The lowest BCUT2D eigenvalue weighted by Crippen LogP contribution is -2.76. The third-order valence-electron chi connectivity index (χ3n) is 8.00. The van der Waals surface area contributed by atoms with Crippen molar-refractivity contribution in [1.82, 2.24) is 25.7 Å². The van der Waals surface area contributed by atoms with Gasteiger partial charge in [0.1, 0.15) is 29.9 Å². The highest BCUT2D eigenvalue weighted by atomic mass is 32.3. The number of nitrogens with one attached hydrogen (secondary N) is 2. The number of hydrogen-bond donors (Lipinski definition) is 6. The molecule has 0 bridgehead atoms. The molecule has 2 aromatic heterocycles. The maximum Gasteiger partial charge on any atom is 0.418 e. The standard InChI is InChI=1S/C29H37N9O10S2/c1-29(2)24(26(40)38(29)48-50(43,44)45)35-25(39)23(20-15-49-28(31)34-20)36-47-21(27(41)42)14-46-18-5-6-19-17(10-18)4-7-22(33-19)37(9-3-8-30)13-16-11-32-12-16/h4-7,10,15-16,21,24,32H,3,8-9,11-14,30H2,1-2H3,(H2,31,34)(H,35,39)(H,41,42)(H,43,44,45)/b36-23-/t21-,24+/m0/s1. The van der Waals surface area contributed by atoms with Crippen LogP contribution in [0, 0.1) is 5.92 Å². The zero-order chi connectivity index (χ0) is 36.2. The lowest BCUT2D eigenvalue weighted by molar-refractivity contribution is -0.218. The first-order valence-corrected chi connectivity index (χ1v) is 17.6. The van der Waals surface area contributed by atoms with Crippen LogP contribution in [-0.4, -0.2) is 114 Å². The van der Waals surface area contributed by atoms with Gasteiger partial charge >= 0.3 is 16.4 Å². The van der Waals surface area contributed by atoms with Crippen molar-refractivity contribution in [1.29, 1.82) is 0 Å². The summed E-state index contributed by atoms with van der Waals surface area (Å²) in [6, 6.07) is 7.60. The van der Waals surface area contributed by atoms with E-state index in [0.29, 0.717) is 28.8 Å². The Labute approximate surface area is 290 Å². The van der Waals surface area contributed by atoms with Crippen LogP contribution in [0.4, 0.5) is 10.9 Å². The second-order valence-electron chi connectivity index (χ2n) is 12.1. The highest BCUT2D eigenvalue weighted by molar-refractivity contribution is 7.80. The summed E-state index contributed by atoms with van der Waals surface area (Å²) in [4.78, 5) is 54.2. The molecular formula is C29H37N9O10S2. The van der Waals surface area contributed by atoms with E-state index in [-0.39, 0.29) is 10.8 Å². The summed E-state index contributed by atoms with van der Waals surface area (Å²) in [5.74, 6) is -1.76. The van der Waals surface area contributed by atoms with Gasteiger partial charge in [-0.15, -0.1) is 15.6 Å². The zero-order valence-electron chi connectivity index (χ0n) is 27.0. The average molecular weight is 736 g/mol. The highest BCUT2D eigenvalue weighted by Gasteiger charge is 2.58. The van der Waals surface area contributed by atoms with Gasteiger partial charge in [0.2, 0.25) is 0 Å². The van der Waals surface area contributed by atoms with E-state index in [1.165, 1.54) is 19.2 Å². The number of hydrogen-bond acceptors (Lipinski definition) is 16. The number of nitrogen functional groups attached to an aromatic ring is 1. The lowest BCUT2D eigenvalue weighted by atomic mass is 9.84. The summed E-state index contributed by atoms with van der Waals surface area (Å²) < 4.78 is 41.2. The lowest BCUT2D eigenvalue weighted by Gasteiger charge is -2.50. The van der Waals surface area contributed by atoms with Crippen LogP contribution in [0.3, 0.4) is 0 Å². The molecular weight excluding hydrogens is 699 g/mol. The second-order valence-corrected chi connectivity index (χ2v) is 14.0. The van der Waals surface area contributed by atoms with Crippen molar-refractivity contribution in [3.8, 4) is 5.75 Å². The number of rotatable bonds is 17. The molecule has 0 spiro atoms. The minimum absolute atomic E-state index is 0.0586. The molecule has 2 aliphatic rings. The molecule has 19 nitrogen and oxygen atoms in total. The summed E-state index contributed by atoms with van der Waals surface area (Å²) in [6.45, 7) is 6.37. The molecule has 2 aliphatic heterocycles. The van der Waals surface area contributed by atoms with Crippen molar-refractivity contribution in [2.24, 2.45) is 16.8 Å². The van der Waals surface area contributed by atoms with Gasteiger partial charge in [-0.3, -0.25) is 14.1 Å². The number of nitrogens with zero attached hydrogens (tertiary/aromatic N) is 5. The smallest absolute Gasteiger partial charge is 0.418 e. The Morgan fingerprint density at radius 1 is 1.26 bits per heavy atom. The Morgan fingerprint density at radius 3 is 2.62 bits per heavy atom. The Kier molecular flexibility index (Phi) is 11.0. The average Bonchev–Trinajstić information content (AvgIpc) is 3.47. The van der Waals surface area contributed by atoms with Crippen LogP contribution < -0.4 is 31.7 Å². The fourth-order valence-corrected chi connectivity index (χ4v) is 6.19. The molecule has 5 rings (SSSR count). The number of fused-ring (bicyclic) bond motifs is 1. The predicted octanol–water partition coefficient (Wildman–Crippen LogP) is -0.259. The third kappa shape index (κ3) is 8.54. The van der Waals surface area contributed by atoms with E-state index in [1.807, 2.05) is 12.1 Å². The number of aromatic nitrogens is 2. The van der Waals surface area contributed by atoms with Crippen molar-refractivity contribution in [2.75, 3.05) is 50.0 Å². The highest BCUT2D eigenvalue weighted by Crippen LogP contribution is 2.33. The number of carboxylic acid groups (broad SMARTS) is 1. The quantitative estimate of drug-likeness (QED) is 0.0451. The van der Waals surface area contributed by atoms with Crippen LogP contribution in [0.1, 0.15) is 26.0 Å². The van der Waals surface area contributed by atoms with E-state index < -0.39 is 58.2 Å². The van der Waals surface area contributed by atoms with Gasteiger partial charge in [0.15, 0.2) is 10.8 Å². The molecule has 0 aliphatic carbocycles. The first kappa shape index (κ1) is 36.6. The summed E-state index contributed by atoms with van der Waals surface area (Å²) in [5.41, 5.74) is 10.1. The van der Waals surface area contributed by atoms with Gasteiger partial charge < -0.3 is 41.7 Å². The molecule has 50 heavy (non-hydrogen) atoms.